The summed E-state index contributed by atoms with van der Waals surface area (Å²) in [5.41, 5.74) is -0.634. The molecule has 3 N–H and O–H groups in total. The molecule has 1 saturated carbocycles. The zero-order valence-corrected chi connectivity index (χ0v) is 28.8. The van der Waals surface area contributed by atoms with E-state index in [4.69, 9.17) is 39.5 Å². The van der Waals surface area contributed by atoms with E-state index in [9.17, 15) is 29.4 Å². The van der Waals surface area contributed by atoms with E-state index in [0.29, 0.717) is 57.1 Å². The minimum Gasteiger partial charge on any atom is -0.478 e. The van der Waals surface area contributed by atoms with Gasteiger partial charge in [0.05, 0.1) is 23.5 Å². The van der Waals surface area contributed by atoms with E-state index in [1.165, 1.54) is 19.1 Å². The van der Waals surface area contributed by atoms with Crippen LogP contribution in [0.15, 0.2) is 40.7 Å². The van der Waals surface area contributed by atoms with E-state index in [2.05, 4.69) is 10.2 Å². The quantitative estimate of drug-likeness (QED) is 0.312. The molecule has 3 saturated heterocycles. The number of carboxylic acid groups (broad SMARTS) is 2. The van der Waals surface area contributed by atoms with Gasteiger partial charge in [-0.1, -0.05) is 47.3 Å². The Bertz CT molecular complexity index is 1440. The first-order valence-corrected chi connectivity index (χ1v) is 17.3. The lowest BCUT2D eigenvalue weighted by molar-refractivity contribution is -0.133. The highest BCUT2D eigenvalue weighted by atomic mass is 35.5. The molecule has 11 nitrogen and oxygen atoms in total. The molecule has 2 amide bonds. The molecule has 4 unspecified atom stereocenters. The molecule has 4 fully saturated rings. The van der Waals surface area contributed by atoms with Gasteiger partial charge in [0, 0.05) is 72.3 Å². The number of carbonyl (C=O) groups is 4. The molecule has 14 heteroatoms. The molecule has 0 radical (unpaired) electrons. The first-order valence-electron chi connectivity index (χ1n) is 16.1. The van der Waals surface area contributed by atoms with Crippen molar-refractivity contribution in [3.63, 3.8) is 0 Å². The number of hydrogen-bond acceptors (Lipinski definition) is 7. The van der Waals surface area contributed by atoms with Gasteiger partial charge in [0.25, 0.3) is 0 Å². The smallest absolute Gasteiger partial charge is 0.411 e. The fourth-order valence-corrected chi connectivity index (χ4v) is 8.43. The Hall–Kier alpha value is -2.99. The van der Waals surface area contributed by atoms with Crippen molar-refractivity contribution in [2.75, 3.05) is 39.3 Å². The number of rotatable bonds is 7. The van der Waals surface area contributed by atoms with Gasteiger partial charge in [-0.15, -0.1) is 0 Å². The molecule has 256 valence electrons. The second-order valence-electron chi connectivity index (χ2n) is 12.9. The molecule has 1 aliphatic carbocycles. The van der Waals surface area contributed by atoms with E-state index in [0.717, 1.165) is 32.1 Å². The summed E-state index contributed by atoms with van der Waals surface area (Å²) in [5.74, 6) is -3.50. The maximum atomic E-state index is 13.6. The Kier molecular flexibility index (Phi) is 11.3. The van der Waals surface area contributed by atoms with Gasteiger partial charge in [-0.3, -0.25) is 9.69 Å². The molecule has 1 aromatic carbocycles. The number of halogens is 3. The van der Waals surface area contributed by atoms with E-state index in [1.54, 1.807) is 17.9 Å². The molecular formula is C33H41Cl3N4O7. The molecule has 4 heterocycles. The second-order valence-corrected chi connectivity index (χ2v) is 14.4. The van der Waals surface area contributed by atoms with Gasteiger partial charge < -0.3 is 30.1 Å². The summed E-state index contributed by atoms with van der Waals surface area (Å²) >= 11 is 18.8. The van der Waals surface area contributed by atoms with Crippen molar-refractivity contribution in [2.24, 2.45) is 11.8 Å². The first kappa shape index (κ1) is 35.3. The van der Waals surface area contributed by atoms with Crippen molar-refractivity contribution in [2.45, 2.75) is 69.9 Å². The summed E-state index contributed by atoms with van der Waals surface area (Å²) in [6.45, 7) is 6.82. The molecule has 4 atom stereocenters. The second kappa shape index (κ2) is 15.1. The highest BCUT2D eigenvalue weighted by Gasteiger charge is 2.41. The third-order valence-corrected chi connectivity index (χ3v) is 10.6. The number of nitrogens with one attached hydrogen (secondary N) is 1. The number of aliphatic carboxylic acids is 2. The van der Waals surface area contributed by atoms with Gasteiger partial charge in [-0.2, -0.15) is 0 Å². The summed E-state index contributed by atoms with van der Waals surface area (Å²) in [5, 5.41) is 23.6. The van der Waals surface area contributed by atoms with Gasteiger partial charge in [0.1, 0.15) is 0 Å². The van der Waals surface area contributed by atoms with Crippen molar-refractivity contribution in [1.29, 1.82) is 0 Å². The van der Waals surface area contributed by atoms with Crippen LogP contribution in [0.1, 0.15) is 63.9 Å². The zero-order chi connectivity index (χ0) is 34.0. The normalized spacial score (nSPS) is 26.2. The molecular weight excluding hydrogens is 671 g/mol. The maximum absolute atomic E-state index is 13.6. The Morgan fingerprint density at radius 3 is 2.04 bits per heavy atom. The number of carboxylic acids is 2. The van der Waals surface area contributed by atoms with E-state index in [1.807, 2.05) is 4.90 Å². The third-order valence-electron chi connectivity index (χ3n) is 9.82. The molecule has 6 rings (SSSR count). The van der Waals surface area contributed by atoms with Gasteiger partial charge >= 0.3 is 18.0 Å². The van der Waals surface area contributed by atoms with Crippen LogP contribution in [-0.4, -0.2) is 99.7 Å². The Morgan fingerprint density at radius 1 is 0.936 bits per heavy atom. The van der Waals surface area contributed by atoms with Crippen LogP contribution in [0, 0.1) is 11.8 Å². The number of ether oxygens (including phenoxy) is 1. The number of piperazine rings is 1. The largest absolute Gasteiger partial charge is 0.478 e. The molecule has 5 aliphatic rings. The highest BCUT2D eigenvalue weighted by Crippen LogP contribution is 2.44. The van der Waals surface area contributed by atoms with Gasteiger partial charge in [-0.05, 0) is 63.5 Å². The number of alkyl halides is 1. The summed E-state index contributed by atoms with van der Waals surface area (Å²) in [6.07, 6.45) is 4.59. The van der Waals surface area contributed by atoms with Crippen LogP contribution in [-0.2, 0) is 19.1 Å². The zero-order valence-electron chi connectivity index (χ0n) is 26.5. The predicted octanol–water partition coefficient (Wildman–Crippen LogP) is 5.51. The molecule has 0 aromatic heterocycles. The highest BCUT2D eigenvalue weighted by molar-refractivity contribution is 6.36. The van der Waals surface area contributed by atoms with E-state index >= 15 is 0 Å². The van der Waals surface area contributed by atoms with Crippen LogP contribution < -0.4 is 5.32 Å². The fraction of sp³-hybridized carbons (Fsp3) is 0.576. The minimum atomic E-state index is -1.36. The van der Waals surface area contributed by atoms with Gasteiger partial charge in [-0.25, -0.2) is 14.4 Å². The summed E-state index contributed by atoms with van der Waals surface area (Å²) in [4.78, 5) is 57.4. The van der Waals surface area contributed by atoms with Crippen LogP contribution in [0.25, 0.3) is 0 Å². The number of dihydropyridines is 1. The summed E-state index contributed by atoms with van der Waals surface area (Å²) < 4.78 is 5.29. The Labute approximate surface area is 289 Å². The number of hydrogen-bond donors (Lipinski definition) is 3. The topological polar surface area (TPSA) is 140 Å². The maximum Gasteiger partial charge on any atom is 0.411 e. The van der Waals surface area contributed by atoms with Crippen LogP contribution in [0.3, 0.4) is 0 Å². The number of amides is 2. The molecule has 2 bridgehead atoms. The average molecular weight is 712 g/mol. The van der Waals surface area contributed by atoms with Crippen molar-refractivity contribution in [1.82, 2.24) is 20.0 Å². The predicted molar refractivity (Wildman–Crippen MR) is 177 cm³/mol. The van der Waals surface area contributed by atoms with E-state index < -0.39 is 23.4 Å². The standard InChI is InChI=1S/C33H41Cl3N4O7/c1-18-27(31(42)43)30(28-23(35)7-4-8-24(28)36)29(32(44)45)25(37-18)15-26(41)39-11-9-38(10-12-39)22-13-20-5-3-6-21(14-22)17-40(16-20)33(46)47-19(2)34/h4,7-8,19-22,30,37H,3,5-6,9-17H2,1-2H3,(H,42,43)(H,44,45). The number of carbonyl (C=O) groups excluding carboxylic acids is 2. The van der Waals surface area contributed by atoms with Crippen molar-refractivity contribution >= 4 is 58.7 Å². The number of allylic oxidation sites excluding steroid dienone is 1. The number of benzene rings is 1. The lowest BCUT2D eigenvalue weighted by Gasteiger charge is -2.45. The average Bonchev–Trinajstić information content (AvgIpc) is 2.95. The Morgan fingerprint density at radius 2 is 1.51 bits per heavy atom. The van der Waals surface area contributed by atoms with Crippen molar-refractivity contribution < 1.29 is 34.1 Å². The fourth-order valence-electron chi connectivity index (χ4n) is 7.73. The van der Waals surface area contributed by atoms with Crippen LogP contribution in [0.5, 0.6) is 0 Å². The SMILES string of the molecule is CC1=C(C(=O)O)C(c2c(Cl)cccc2Cl)C(C(=O)O)=C(CC(=O)N2CCN(C3CC4CCCC(C3)CN(C(=O)OC(C)Cl)C4)CC2)N1. The summed E-state index contributed by atoms with van der Waals surface area (Å²) in [6, 6.07) is 4.99. The number of fused-ring (bicyclic) bond motifs is 6. The molecule has 0 spiro atoms. The number of nitrogens with zero attached hydrogens (tertiary/aromatic N) is 3. The minimum absolute atomic E-state index is 0.118. The van der Waals surface area contributed by atoms with Crippen molar-refractivity contribution in [3.05, 3.63) is 56.3 Å². The van der Waals surface area contributed by atoms with Crippen LogP contribution in [0.2, 0.25) is 10.0 Å². The van der Waals surface area contributed by atoms with Gasteiger partial charge in [0.2, 0.25) is 5.91 Å². The van der Waals surface area contributed by atoms with Crippen molar-refractivity contribution in [3.8, 4) is 0 Å². The lowest BCUT2D eigenvalue weighted by atomic mass is 9.79. The van der Waals surface area contributed by atoms with Crippen LogP contribution >= 0.6 is 34.8 Å². The first-order chi connectivity index (χ1) is 22.3. The van der Waals surface area contributed by atoms with E-state index in [-0.39, 0.29) is 56.6 Å². The molecule has 47 heavy (non-hydrogen) atoms. The lowest BCUT2D eigenvalue weighted by Crippen LogP contribution is -2.54. The Balaban J connectivity index is 1.28. The summed E-state index contributed by atoms with van der Waals surface area (Å²) in [7, 11) is 0. The third kappa shape index (κ3) is 8.01. The molecule has 4 aliphatic heterocycles. The van der Waals surface area contributed by atoms with Gasteiger partial charge in [0.15, 0.2) is 5.56 Å². The molecule has 1 aromatic rings. The monoisotopic (exact) mass is 710 g/mol. The van der Waals surface area contributed by atoms with Crippen LogP contribution in [0.4, 0.5) is 4.79 Å².